The minimum Gasteiger partial charge on any atom is -0.461 e. The number of nitrogens with zero attached hydrogens (tertiary/aromatic N) is 10. The number of nitrogen functional groups attached to an aromatic ring is 1. The summed E-state index contributed by atoms with van der Waals surface area (Å²) in [7, 11) is 3.32. The number of nitriles is 1. The van der Waals surface area contributed by atoms with E-state index in [9.17, 15) is 14.4 Å². The van der Waals surface area contributed by atoms with Crippen LogP contribution in [0.4, 0.5) is 26.7 Å². The van der Waals surface area contributed by atoms with Crippen LogP contribution in [0.3, 0.4) is 0 Å². The zero-order chi connectivity index (χ0) is 35.7. The molecule has 3 fully saturated rings. The molecule has 268 valence electrons. The number of carbonyl (C=O) groups is 1. The predicted molar refractivity (Wildman–Crippen MR) is 193 cm³/mol. The number of anilines is 3. The highest BCUT2D eigenvalue weighted by atomic mass is 35.5. The third-order valence-electron chi connectivity index (χ3n) is 11.5. The Labute approximate surface area is 305 Å². The third-order valence-corrected chi connectivity index (χ3v) is 12.9. The molecule has 3 saturated heterocycles. The first-order valence-electron chi connectivity index (χ1n) is 17.7. The van der Waals surface area contributed by atoms with E-state index in [0.717, 1.165) is 50.6 Å². The lowest BCUT2D eigenvalue weighted by Gasteiger charge is -2.51. The first-order chi connectivity index (χ1) is 24.6. The van der Waals surface area contributed by atoms with Crippen LogP contribution in [0.1, 0.15) is 77.1 Å². The summed E-state index contributed by atoms with van der Waals surface area (Å²) in [4.78, 5) is 35.7. The van der Waals surface area contributed by atoms with Gasteiger partial charge in [0.2, 0.25) is 0 Å². The molecule has 5 aliphatic rings. The van der Waals surface area contributed by atoms with Crippen molar-refractivity contribution in [3.63, 3.8) is 0 Å². The maximum Gasteiger partial charge on any atom is 0.317 e. The zero-order valence-electron chi connectivity index (χ0n) is 28.9. The topological polar surface area (TPSA) is 137 Å². The van der Waals surface area contributed by atoms with Gasteiger partial charge in [-0.15, -0.1) is 11.3 Å². The first kappa shape index (κ1) is 33.9. The van der Waals surface area contributed by atoms with Crippen molar-refractivity contribution in [2.45, 2.75) is 81.6 Å². The summed E-state index contributed by atoms with van der Waals surface area (Å²) < 4.78 is 22.9. The molecule has 0 unspecified atom stereocenters. The van der Waals surface area contributed by atoms with Crippen LogP contribution in [0.25, 0.3) is 4.85 Å². The monoisotopic (exact) mass is 733 g/mol. The van der Waals surface area contributed by atoms with Crippen molar-refractivity contribution in [1.82, 2.24) is 29.5 Å². The maximum atomic E-state index is 14.7. The van der Waals surface area contributed by atoms with E-state index < -0.39 is 11.7 Å². The molecule has 16 heteroatoms. The highest BCUT2D eigenvalue weighted by Gasteiger charge is 2.51. The Hall–Kier alpha value is -4.18. The van der Waals surface area contributed by atoms with Crippen LogP contribution in [0, 0.1) is 17.9 Å². The molecule has 1 amide bonds. The molecule has 3 aromatic heterocycles. The smallest absolute Gasteiger partial charge is 0.317 e. The van der Waals surface area contributed by atoms with E-state index >= 15 is 0 Å². The molecule has 2 atom stereocenters. The van der Waals surface area contributed by atoms with Crippen LogP contribution in [0.15, 0.2) is 0 Å². The van der Waals surface area contributed by atoms with Gasteiger partial charge >= 0.3 is 6.01 Å². The van der Waals surface area contributed by atoms with Crippen molar-refractivity contribution < 1.29 is 13.9 Å². The first-order valence-corrected chi connectivity index (χ1v) is 18.9. The quantitative estimate of drug-likeness (QED) is 0.347. The Balaban J connectivity index is 1.17. The van der Waals surface area contributed by atoms with E-state index in [2.05, 4.69) is 25.8 Å². The standard InChI is InChI=1S/C35H41ClFN11O2S/c1-40-28-30(45-11-7-13-48-23(17-45)26(36)27(43-48)32(49)44(2)3)41-33(50-20-35-10-6-12-47(35)16-21(37)14-35)42-31(28)46-18-34(19-46)9-5-4-8-24-25(34)22(15-38)29(39)51-24/h21H,4-14,16-20,39H2,2-3H3/t21-,35+/m1/s1. The van der Waals surface area contributed by atoms with Gasteiger partial charge in [0.1, 0.15) is 35.5 Å². The van der Waals surface area contributed by atoms with Gasteiger partial charge < -0.3 is 25.2 Å². The highest BCUT2D eigenvalue weighted by molar-refractivity contribution is 7.16. The number of aromatic nitrogens is 4. The van der Waals surface area contributed by atoms with Crippen molar-refractivity contribution in [3.05, 3.63) is 43.8 Å². The van der Waals surface area contributed by atoms with Gasteiger partial charge in [0.05, 0.1) is 34.9 Å². The average molecular weight is 734 g/mol. The molecule has 2 N–H and O–H groups in total. The summed E-state index contributed by atoms with van der Waals surface area (Å²) in [5, 5.41) is 15.5. The predicted octanol–water partition coefficient (Wildman–Crippen LogP) is 4.94. The van der Waals surface area contributed by atoms with Crippen LogP contribution >= 0.6 is 22.9 Å². The highest BCUT2D eigenvalue weighted by Crippen LogP contribution is 2.52. The van der Waals surface area contributed by atoms with Crippen molar-refractivity contribution >= 4 is 51.2 Å². The lowest BCUT2D eigenvalue weighted by atomic mass is 9.70. The number of aryl methyl sites for hydroxylation is 2. The number of carbonyl (C=O) groups excluding carboxylic acids is 1. The SMILES string of the molecule is [C-]#[N+]c1c(N2CCCn3nc(C(=O)N(C)C)c(Cl)c3C2)nc(OC[C@@]23CCCN2C[C@H](F)C3)nc1N1CC2(CCCCc3sc(N)c(C#N)c32)C1. The summed E-state index contributed by atoms with van der Waals surface area (Å²) in [6, 6.07) is 2.53. The van der Waals surface area contributed by atoms with Gasteiger partial charge in [0.15, 0.2) is 5.69 Å². The van der Waals surface area contributed by atoms with E-state index in [0.29, 0.717) is 79.1 Å². The number of thiophene rings is 1. The fourth-order valence-electron chi connectivity index (χ4n) is 9.05. The number of fused-ring (bicyclic) bond motifs is 4. The Morgan fingerprint density at radius 2 is 1.96 bits per heavy atom. The van der Waals surface area contributed by atoms with Crippen molar-refractivity contribution in [2.75, 3.05) is 69.0 Å². The van der Waals surface area contributed by atoms with Gasteiger partial charge in [-0.25, -0.2) is 9.24 Å². The molecule has 0 saturated carbocycles. The Kier molecular flexibility index (Phi) is 8.51. The largest absolute Gasteiger partial charge is 0.461 e. The van der Waals surface area contributed by atoms with E-state index in [1.54, 1.807) is 18.8 Å². The molecule has 1 spiro atoms. The Bertz CT molecular complexity index is 1980. The number of halogens is 2. The van der Waals surface area contributed by atoms with Crippen molar-refractivity contribution in [3.8, 4) is 12.1 Å². The van der Waals surface area contributed by atoms with E-state index in [-0.39, 0.29) is 41.2 Å². The lowest BCUT2D eigenvalue weighted by Crippen LogP contribution is -2.60. The van der Waals surface area contributed by atoms with Crippen molar-refractivity contribution in [1.29, 1.82) is 5.26 Å². The van der Waals surface area contributed by atoms with Crippen molar-refractivity contribution in [2.24, 2.45) is 0 Å². The molecule has 7 heterocycles. The molecule has 8 rings (SSSR count). The number of alkyl halides is 1. The molecule has 4 aliphatic heterocycles. The van der Waals surface area contributed by atoms with Gasteiger partial charge in [-0.2, -0.15) is 20.3 Å². The second kappa shape index (κ2) is 12.8. The number of rotatable bonds is 6. The number of amides is 1. The second-order valence-electron chi connectivity index (χ2n) is 14.9. The summed E-state index contributed by atoms with van der Waals surface area (Å²) >= 11 is 8.35. The Morgan fingerprint density at radius 1 is 1.18 bits per heavy atom. The molecule has 1 aliphatic carbocycles. The molecule has 3 aromatic rings. The number of ether oxygens (including phenoxy) is 1. The number of hydrogen-bond donors (Lipinski definition) is 1. The minimum absolute atomic E-state index is 0.142. The fraction of sp³-hybridized carbons (Fsp3) is 0.600. The van der Waals surface area contributed by atoms with Crippen LogP contribution in [-0.4, -0.2) is 101 Å². The fourth-order valence-corrected chi connectivity index (χ4v) is 10.5. The van der Waals surface area contributed by atoms with E-state index in [1.165, 1.54) is 21.1 Å². The summed E-state index contributed by atoms with van der Waals surface area (Å²) in [5.41, 5.74) is 8.51. The molecule has 51 heavy (non-hydrogen) atoms. The summed E-state index contributed by atoms with van der Waals surface area (Å²) in [6.07, 6.45) is 5.93. The lowest BCUT2D eigenvalue weighted by molar-refractivity contribution is 0.0821. The number of nitrogens with two attached hydrogens (primary N) is 1. The molecule has 0 radical (unpaired) electrons. The molecular formula is C35H41ClFN11O2S. The van der Waals surface area contributed by atoms with Gasteiger partial charge in [0.25, 0.3) is 11.6 Å². The van der Waals surface area contributed by atoms with Crippen LogP contribution < -0.4 is 20.3 Å². The molecule has 0 bridgehead atoms. The minimum atomic E-state index is -0.896. The average Bonchev–Trinajstić information content (AvgIpc) is 3.72. The van der Waals surface area contributed by atoms with E-state index in [1.807, 2.05) is 4.90 Å². The third kappa shape index (κ3) is 5.56. The van der Waals surface area contributed by atoms with Crippen LogP contribution in [0.2, 0.25) is 5.02 Å². The van der Waals surface area contributed by atoms with Gasteiger partial charge in [-0.1, -0.05) is 18.0 Å². The maximum absolute atomic E-state index is 14.7. The summed E-state index contributed by atoms with van der Waals surface area (Å²) in [5.74, 6) is 0.620. The normalized spacial score (nSPS) is 23.8. The molecular weight excluding hydrogens is 693 g/mol. The zero-order valence-corrected chi connectivity index (χ0v) is 30.5. The number of hydrogen-bond acceptors (Lipinski definition) is 11. The van der Waals surface area contributed by atoms with E-state index in [4.69, 9.17) is 38.6 Å². The summed E-state index contributed by atoms with van der Waals surface area (Å²) in [6.45, 7) is 12.5. The van der Waals surface area contributed by atoms with Gasteiger partial charge in [-0.05, 0) is 50.6 Å². The van der Waals surface area contributed by atoms with Gasteiger partial charge in [0, 0.05) is 63.5 Å². The second-order valence-corrected chi connectivity index (χ2v) is 16.4. The molecule has 13 nitrogen and oxygen atoms in total. The molecule has 0 aromatic carbocycles. The van der Waals surface area contributed by atoms with Crippen LogP contribution in [0.5, 0.6) is 6.01 Å². The Morgan fingerprint density at radius 3 is 2.71 bits per heavy atom. The van der Waals surface area contributed by atoms with Gasteiger partial charge in [-0.3, -0.25) is 14.4 Å². The van der Waals surface area contributed by atoms with Crippen LogP contribution in [-0.2, 0) is 24.9 Å².